The summed E-state index contributed by atoms with van der Waals surface area (Å²) >= 11 is 11.3. The first-order valence-electron chi connectivity index (χ1n) is 9.41. The molecule has 3 aromatic carbocycles. The van der Waals surface area contributed by atoms with Crippen LogP contribution in [0.3, 0.4) is 0 Å². The average molecular weight is 470 g/mol. The molecule has 0 bridgehead atoms. The molecule has 0 saturated heterocycles. The lowest BCUT2D eigenvalue weighted by Gasteiger charge is -2.14. The third-order valence-electron chi connectivity index (χ3n) is 4.41. The minimum atomic E-state index is -0.364. The average Bonchev–Trinajstić information content (AvgIpc) is 2.80. The predicted octanol–water partition coefficient (Wildman–Crippen LogP) is 4.74. The van der Waals surface area contributed by atoms with Crippen molar-refractivity contribution >= 4 is 52.1 Å². The van der Waals surface area contributed by atoms with Crippen LogP contribution >= 0.6 is 23.8 Å². The normalized spacial score (nSPS) is 10.1. The number of hydrogen-bond acceptors (Lipinski definition) is 5. The molecule has 0 heterocycles. The molecule has 2 amide bonds. The summed E-state index contributed by atoms with van der Waals surface area (Å²) in [5, 5.41) is 8.76. The van der Waals surface area contributed by atoms with E-state index in [9.17, 15) is 9.59 Å². The minimum Gasteiger partial charge on any atom is -0.497 e. The largest absolute Gasteiger partial charge is 0.497 e. The zero-order chi connectivity index (χ0) is 23.1. The first kappa shape index (κ1) is 23.1. The number of hydrogen-bond donors (Lipinski definition) is 3. The van der Waals surface area contributed by atoms with Crippen molar-refractivity contribution in [3.05, 3.63) is 82.9 Å². The van der Waals surface area contributed by atoms with Crippen molar-refractivity contribution in [3.8, 4) is 11.5 Å². The summed E-state index contributed by atoms with van der Waals surface area (Å²) in [4.78, 5) is 24.9. The maximum atomic E-state index is 12.5. The van der Waals surface area contributed by atoms with Crippen molar-refractivity contribution in [1.29, 1.82) is 0 Å². The molecule has 7 nitrogen and oxygen atoms in total. The number of anilines is 2. The highest BCUT2D eigenvalue weighted by molar-refractivity contribution is 7.80. The van der Waals surface area contributed by atoms with Crippen molar-refractivity contribution in [2.45, 2.75) is 0 Å². The maximum absolute atomic E-state index is 12.5. The third kappa shape index (κ3) is 5.75. The first-order chi connectivity index (χ1) is 15.4. The van der Waals surface area contributed by atoms with E-state index in [0.29, 0.717) is 39.0 Å². The van der Waals surface area contributed by atoms with Gasteiger partial charge in [0.15, 0.2) is 5.11 Å². The number of thiocarbonyl (C=S) groups is 1. The maximum Gasteiger partial charge on any atom is 0.257 e. The summed E-state index contributed by atoms with van der Waals surface area (Å²) in [6.07, 6.45) is 0. The second kappa shape index (κ2) is 10.6. The van der Waals surface area contributed by atoms with E-state index in [2.05, 4.69) is 16.0 Å². The molecule has 0 aliphatic rings. The molecule has 0 atom stereocenters. The molecule has 0 aliphatic heterocycles. The van der Waals surface area contributed by atoms with Gasteiger partial charge in [-0.3, -0.25) is 14.9 Å². The quantitative estimate of drug-likeness (QED) is 0.452. The molecule has 3 aromatic rings. The fourth-order valence-corrected chi connectivity index (χ4v) is 3.22. The lowest BCUT2D eigenvalue weighted by atomic mass is 10.2. The van der Waals surface area contributed by atoms with Crippen molar-refractivity contribution < 1.29 is 19.1 Å². The van der Waals surface area contributed by atoms with Gasteiger partial charge in [-0.1, -0.05) is 23.7 Å². The topological polar surface area (TPSA) is 88.7 Å². The van der Waals surface area contributed by atoms with E-state index in [1.807, 2.05) is 0 Å². The smallest absolute Gasteiger partial charge is 0.257 e. The van der Waals surface area contributed by atoms with Gasteiger partial charge in [0, 0.05) is 17.3 Å². The fraction of sp³-hybridized carbons (Fsp3) is 0.0870. The Hall–Kier alpha value is -3.62. The summed E-state index contributed by atoms with van der Waals surface area (Å²) in [6.45, 7) is 0. The molecule has 3 N–H and O–H groups in total. The molecule has 0 radical (unpaired) electrons. The highest BCUT2D eigenvalue weighted by atomic mass is 35.5. The second-order valence-corrected chi connectivity index (χ2v) is 7.30. The Morgan fingerprint density at radius 2 is 1.59 bits per heavy atom. The zero-order valence-corrected chi connectivity index (χ0v) is 18.8. The second-order valence-electron chi connectivity index (χ2n) is 6.49. The van der Waals surface area contributed by atoms with Crippen LogP contribution in [0.4, 0.5) is 11.4 Å². The zero-order valence-electron chi connectivity index (χ0n) is 17.3. The van der Waals surface area contributed by atoms with E-state index in [0.717, 1.165) is 0 Å². The number of ether oxygens (including phenoxy) is 2. The number of halogens is 1. The van der Waals surface area contributed by atoms with E-state index in [-0.39, 0.29) is 16.9 Å². The Labute approximate surface area is 195 Å². The van der Waals surface area contributed by atoms with Gasteiger partial charge < -0.3 is 20.1 Å². The number of nitrogens with one attached hydrogen (secondary N) is 3. The molecule has 0 aromatic heterocycles. The number of benzene rings is 3. The van der Waals surface area contributed by atoms with Gasteiger partial charge in [0.2, 0.25) is 0 Å². The molecule has 9 heteroatoms. The Morgan fingerprint density at radius 1 is 0.875 bits per heavy atom. The van der Waals surface area contributed by atoms with E-state index in [1.54, 1.807) is 73.8 Å². The molecule has 32 heavy (non-hydrogen) atoms. The SMILES string of the molecule is COc1ccc(C(=O)NC(=S)Nc2ccc(NC(=O)c3ccccc3Cl)c(OC)c2)cc1. The summed E-state index contributed by atoms with van der Waals surface area (Å²) in [6, 6.07) is 18.4. The molecule has 0 saturated carbocycles. The van der Waals surface area contributed by atoms with E-state index < -0.39 is 0 Å². The third-order valence-corrected chi connectivity index (χ3v) is 4.94. The monoisotopic (exact) mass is 469 g/mol. The van der Waals surface area contributed by atoms with Gasteiger partial charge in [0.25, 0.3) is 11.8 Å². The Kier molecular flexibility index (Phi) is 7.64. The minimum absolute atomic E-state index is 0.112. The van der Waals surface area contributed by atoms with Crippen molar-refractivity contribution in [1.82, 2.24) is 5.32 Å². The van der Waals surface area contributed by atoms with Crippen molar-refractivity contribution in [3.63, 3.8) is 0 Å². The lowest BCUT2D eigenvalue weighted by Crippen LogP contribution is -2.34. The number of rotatable bonds is 6. The number of carbonyl (C=O) groups excluding carboxylic acids is 2. The van der Waals surface area contributed by atoms with Gasteiger partial charge in [0.05, 0.1) is 30.5 Å². The summed E-state index contributed by atoms with van der Waals surface area (Å²) in [5.41, 5.74) is 1.81. The first-order valence-corrected chi connectivity index (χ1v) is 10.2. The lowest BCUT2D eigenvalue weighted by molar-refractivity contribution is 0.0976. The van der Waals surface area contributed by atoms with Gasteiger partial charge in [-0.25, -0.2) is 0 Å². The number of amides is 2. The highest BCUT2D eigenvalue weighted by Gasteiger charge is 2.14. The number of methoxy groups -OCH3 is 2. The van der Waals surface area contributed by atoms with Gasteiger partial charge in [-0.05, 0) is 60.7 Å². The van der Waals surface area contributed by atoms with Crippen LogP contribution < -0.4 is 25.4 Å². The number of carbonyl (C=O) groups is 2. The fourth-order valence-electron chi connectivity index (χ4n) is 2.79. The van der Waals surface area contributed by atoms with Gasteiger partial charge in [-0.15, -0.1) is 0 Å². The van der Waals surface area contributed by atoms with Gasteiger partial charge in [0.1, 0.15) is 11.5 Å². The van der Waals surface area contributed by atoms with Crippen LogP contribution in [-0.4, -0.2) is 31.1 Å². The van der Waals surface area contributed by atoms with Crippen LogP contribution in [0.2, 0.25) is 5.02 Å². The molecule has 164 valence electrons. The van der Waals surface area contributed by atoms with Crippen LogP contribution in [0, 0.1) is 0 Å². The van der Waals surface area contributed by atoms with Crippen LogP contribution in [-0.2, 0) is 0 Å². The van der Waals surface area contributed by atoms with Crippen LogP contribution in [0.25, 0.3) is 0 Å². The standard InChI is InChI=1S/C23H20ClN3O4S/c1-30-16-10-7-14(8-11-16)21(28)27-23(32)25-15-9-12-19(20(13-15)31-2)26-22(29)17-5-3-4-6-18(17)24/h3-13H,1-2H3,(H,26,29)(H2,25,27,28,32). The summed E-state index contributed by atoms with van der Waals surface area (Å²) < 4.78 is 10.5. The summed E-state index contributed by atoms with van der Waals surface area (Å²) in [5.74, 6) is 0.327. The molecule has 0 aliphatic carbocycles. The Balaban J connectivity index is 1.65. The van der Waals surface area contributed by atoms with Crippen LogP contribution in [0.1, 0.15) is 20.7 Å². The van der Waals surface area contributed by atoms with Crippen molar-refractivity contribution in [2.75, 3.05) is 24.9 Å². The molecule has 0 spiro atoms. The Morgan fingerprint density at radius 3 is 2.25 bits per heavy atom. The van der Waals surface area contributed by atoms with Crippen LogP contribution in [0.5, 0.6) is 11.5 Å². The molecule has 3 rings (SSSR count). The molecular formula is C23H20ClN3O4S. The predicted molar refractivity (Wildman–Crippen MR) is 129 cm³/mol. The van der Waals surface area contributed by atoms with E-state index in [1.165, 1.54) is 7.11 Å². The molecule has 0 fully saturated rings. The highest BCUT2D eigenvalue weighted by Crippen LogP contribution is 2.29. The van der Waals surface area contributed by atoms with Crippen molar-refractivity contribution in [2.24, 2.45) is 0 Å². The van der Waals surface area contributed by atoms with Crippen LogP contribution in [0.15, 0.2) is 66.7 Å². The molecule has 0 unspecified atom stereocenters. The molecular weight excluding hydrogens is 450 g/mol. The van der Waals surface area contributed by atoms with E-state index in [4.69, 9.17) is 33.3 Å². The van der Waals surface area contributed by atoms with E-state index >= 15 is 0 Å². The van der Waals surface area contributed by atoms with Gasteiger partial charge in [-0.2, -0.15) is 0 Å². The summed E-state index contributed by atoms with van der Waals surface area (Å²) in [7, 11) is 3.03. The Bertz CT molecular complexity index is 1150. The van der Waals surface area contributed by atoms with Gasteiger partial charge >= 0.3 is 0 Å².